The summed E-state index contributed by atoms with van der Waals surface area (Å²) in [5.74, 6) is 1.60. The van der Waals surface area contributed by atoms with Crippen molar-refractivity contribution in [3.05, 3.63) is 70.1 Å². The maximum atomic E-state index is 15.1. The quantitative estimate of drug-likeness (QED) is 0.0647. The predicted molar refractivity (Wildman–Crippen MR) is 254 cm³/mol. The van der Waals surface area contributed by atoms with Crippen molar-refractivity contribution in [2.24, 2.45) is 21.8 Å². The SMILES string of the molecule is C=N/C(=N\C(NC)=C(/C)Cl)Nc1ccc(OC[C@H]2CC[C@H](CSC(C)(C)C(NC(=O)C3(F)CC3)C(=O)N3C[C@H](O)C[C@H]3C(=O)NCc3ccc(-c4scnc4C)cc3)CC2)cc1OC. The summed E-state index contributed by atoms with van der Waals surface area (Å²) in [5, 5.41) is 23.0. The van der Waals surface area contributed by atoms with Gasteiger partial charge in [0.05, 0.1) is 46.6 Å². The molecule has 0 spiro atoms. The molecule has 2 aliphatic carbocycles. The first-order valence-corrected chi connectivity index (χ1v) is 23.8. The van der Waals surface area contributed by atoms with Crippen LogP contribution in [0.25, 0.3) is 10.4 Å². The molecule has 3 fully saturated rings. The van der Waals surface area contributed by atoms with Crippen LogP contribution in [0.1, 0.15) is 77.0 Å². The molecule has 3 aliphatic rings. The number of rotatable bonds is 18. The summed E-state index contributed by atoms with van der Waals surface area (Å²) >= 11 is 9.25. The largest absolute Gasteiger partial charge is 0.494 e. The number of thiazole rings is 1. The average molecular weight is 940 g/mol. The van der Waals surface area contributed by atoms with Gasteiger partial charge in [-0.3, -0.25) is 14.4 Å². The van der Waals surface area contributed by atoms with Gasteiger partial charge in [0.1, 0.15) is 29.4 Å². The lowest BCUT2D eigenvalue weighted by atomic mass is 9.83. The van der Waals surface area contributed by atoms with Crippen molar-refractivity contribution >= 4 is 70.8 Å². The van der Waals surface area contributed by atoms with E-state index in [1.54, 1.807) is 44.2 Å². The molecule has 3 aromatic rings. The summed E-state index contributed by atoms with van der Waals surface area (Å²) in [6.45, 7) is 11.7. The van der Waals surface area contributed by atoms with Gasteiger partial charge in [0.25, 0.3) is 5.91 Å². The molecule has 64 heavy (non-hydrogen) atoms. The third kappa shape index (κ3) is 12.3. The fraction of sp³-hybridized carbons (Fsp3) is 0.522. The molecule has 1 aliphatic heterocycles. The van der Waals surface area contributed by atoms with Crippen molar-refractivity contribution in [3.63, 3.8) is 0 Å². The molecule has 2 heterocycles. The van der Waals surface area contributed by atoms with Crippen molar-refractivity contribution in [1.29, 1.82) is 0 Å². The average Bonchev–Trinajstić information content (AvgIpc) is 3.70. The zero-order chi connectivity index (χ0) is 46.2. The van der Waals surface area contributed by atoms with Crippen LogP contribution < -0.4 is 30.7 Å². The molecule has 1 aromatic heterocycles. The Bertz CT molecular complexity index is 2200. The molecule has 14 nitrogen and oxygen atoms in total. The number of ether oxygens (including phenoxy) is 2. The van der Waals surface area contributed by atoms with E-state index in [1.807, 2.05) is 68.7 Å². The highest BCUT2D eigenvalue weighted by atomic mass is 35.5. The number of alkyl halides is 1. The molecule has 5 N–H and O–H groups in total. The van der Waals surface area contributed by atoms with Gasteiger partial charge in [-0.25, -0.2) is 14.4 Å². The number of methoxy groups -OCH3 is 1. The van der Waals surface area contributed by atoms with Gasteiger partial charge in [-0.05, 0) is 114 Å². The van der Waals surface area contributed by atoms with E-state index in [0.717, 1.165) is 53.1 Å². The molecule has 3 atom stereocenters. The van der Waals surface area contributed by atoms with Crippen molar-refractivity contribution < 1.29 is 33.4 Å². The minimum absolute atomic E-state index is 0.0557. The number of nitrogens with one attached hydrogen (secondary N) is 4. The molecule has 346 valence electrons. The maximum Gasteiger partial charge on any atom is 0.258 e. The van der Waals surface area contributed by atoms with E-state index in [2.05, 4.69) is 43.0 Å². The number of aryl methyl sites for hydroxylation is 1. The Morgan fingerprint density at radius 2 is 1.84 bits per heavy atom. The topological polar surface area (TPSA) is 179 Å². The van der Waals surface area contributed by atoms with E-state index >= 15 is 4.39 Å². The number of nitrogens with zero attached hydrogens (tertiary/aromatic N) is 4. The summed E-state index contributed by atoms with van der Waals surface area (Å²) in [6.07, 6.45) is 3.15. The lowest BCUT2D eigenvalue weighted by molar-refractivity contribution is -0.143. The minimum Gasteiger partial charge on any atom is -0.494 e. The van der Waals surface area contributed by atoms with Crippen LogP contribution in [0.15, 0.2) is 68.8 Å². The van der Waals surface area contributed by atoms with Crippen LogP contribution in [-0.2, 0) is 20.9 Å². The van der Waals surface area contributed by atoms with Gasteiger partial charge in [-0.2, -0.15) is 16.8 Å². The Morgan fingerprint density at radius 1 is 1.14 bits per heavy atom. The van der Waals surface area contributed by atoms with Gasteiger partial charge in [-0.1, -0.05) is 35.9 Å². The fourth-order valence-corrected chi connectivity index (χ4v) is 10.2. The Morgan fingerprint density at radius 3 is 2.45 bits per heavy atom. The van der Waals surface area contributed by atoms with Gasteiger partial charge in [0.15, 0.2) is 5.67 Å². The van der Waals surface area contributed by atoms with Crippen LogP contribution in [-0.4, -0.2) is 107 Å². The van der Waals surface area contributed by atoms with Crippen molar-refractivity contribution in [1.82, 2.24) is 25.8 Å². The number of guanidine groups is 1. The van der Waals surface area contributed by atoms with E-state index in [-0.39, 0.29) is 38.3 Å². The Labute approximate surface area is 388 Å². The second-order valence-electron chi connectivity index (χ2n) is 17.3. The number of likely N-dealkylation sites (tertiary alicyclic amines) is 1. The summed E-state index contributed by atoms with van der Waals surface area (Å²) in [6, 6.07) is 11.2. The van der Waals surface area contributed by atoms with E-state index in [4.69, 9.17) is 21.1 Å². The summed E-state index contributed by atoms with van der Waals surface area (Å²) in [5.41, 5.74) is 3.30. The number of β-amino-alcohol motifs (C(OH)–C–C–N with tert-alkyl or cyclic N) is 1. The third-order valence-electron chi connectivity index (χ3n) is 12.1. The number of anilines is 1. The number of thioether (sulfide) groups is 1. The lowest BCUT2D eigenvalue weighted by Crippen LogP contribution is -2.61. The maximum absolute atomic E-state index is 15.1. The summed E-state index contributed by atoms with van der Waals surface area (Å²) in [4.78, 5) is 56.5. The molecule has 0 bridgehead atoms. The molecule has 3 amide bonds. The zero-order valence-electron chi connectivity index (χ0n) is 37.3. The monoisotopic (exact) mass is 938 g/mol. The van der Waals surface area contributed by atoms with Crippen LogP contribution >= 0.6 is 34.7 Å². The molecule has 2 saturated carbocycles. The molecule has 18 heteroatoms. The second-order valence-corrected chi connectivity index (χ2v) is 20.4. The predicted octanol–water partition coefficient (Wildman–Crippen LogP) is 7.20. The second kappa shape index (κ2) is 21.5. The van der Waals surface area contributed by atoms with Crippen LogP contribution in [0.3, 0.4) is 0 Å². The number of aromatic nitrogens is 1. The highest BCUT2D eigenvalue weighted by Crippen LogP contribution is 2.42. The number of allylic oxidation sites excluding steroid dienone is 1. The normalized spacial score (nSPS) is 21.6. The number of aliphatic hydroxyl groups excluding tert-OH is 1. The van der Waals surface area contributed by atoms with Crippen molar-refractivity contribution in [2.45, 2.75) is 108 Å². The highest BCUT2D eigenvalue weighted by molar-refractivity contribution is 8.00. The number of carbonyl (C=O) groups excluding carboxylic acids is 3. The first-order chi connectivity index (χ1) is 30.5. The highest BCUT2D eigenvalue weighted by Gasteiger charge is 2.54. The Kier molecular flexibility index (Phi) is 16.4. The number of benzene rings is 2. The van der Waals surface area contributed by atoms with Gasteiger partial charge in [0, 0.05) is 37.4 Å². The molecule has 6 rings (SSSR count). The minimum atomic E-state index is -2.00. The van der Waals surface area contributed by atoms with Gasteiger partial charge in [-0.15, -0.1) is 11.3 Å². The number of hydrogen-bond acceptors (Lipinski definition) is 11. The molecule has 1 unspecified atom stereocenters. The number of carbonyl (C=O) groups is 3. The van der Waals surface area contributed by atoms with Crippen molar-refractivity contribution in [3.8, 4) is 21.9 Å². The molecule has 0 radical (unpaired) electrons. The zero-order valence-corrected chi connectivity index (χ0v) is 39.7. The Hall–Kier alpha value is -4.71. The van der Waals surface area contributed by atoms with E-state index < -0.39 is 46.3 Å². The van der Waals surface area contributed by atoms with Crippen LogP contribution in [0, 0.1) is 18.8 Å². The van der Waals surface area contributed by atoms with Crippen LogP contribution in [0.4, 0.5) is 10.1 Å². The number of halogens is 2. The number of aliphatic hydroxyl groups is 1. The molecule has 1 saturated heterocycles. The molecule has 2 aromatic carbocycles. The first kappa shape index (κ1) is 48.7. The number of amides is 3. The van der Waals surface area contributed by atoms with E-state index in [9.17, 15) is 19.5 Å². The number of aliphatic imine (C=N–C) groups is 2. The smallest absolute Gasteiger partial charge is 0.258 e. The van der Waals surface area contributed by atoms with Gasteiger partial charge in [0.2, 0.25) is 17.8 Å². The standard InChI is InChI=1S/C46H60ClFN8O6S2/c1-27(47)40(49-5)55-44(50-6)53-35-17-16-34(21-37(35)61-7)62-24-30-8-10-31(11-9-30)25-64-45(3,4)39(54-43(60)46(48)18-19-46)42(59)56-23-33(57)20-36(56)41(58)51-22-29-12-14-32(15-13-29)38-28(2)52-26-63-38/h12-17,21,26,30-31,33,36,39,49,57H,6,8-11,18-20,22-25H2,1-5,7H3,(H,51,58)(H,53,55)(H,54,60)/b40-27+/t30-,31-,33-,36+,39?/m1/s1. The molecular formula is C46H60ClFN8O6S2. The van der Waals surface area contributed by atoms with Crippen LogP contribution in [0.2, 0.25) is 0 Å². The molecular weight excluding hydrogens is 879 g/mol. The number of hydrogen-bond donors (Lipinski definition) is 5. The Balaban J connectivity index is 1.03. The lowest BCUT2D eigenvalue weighted by Gasteiger charge is -2.38. The van der Waals surface area contributed by atoms with Gasteiger partial charge < -0.3 is 40.7 Å². The summed E-state index contributed by atoms with van der Waals surface area (Å²) < 4.78 is 26.1. The van der Waals surface area contributed by atoms with Crippen LogP contribution in [0.5, 0.6) is 11.5 Å². The van der Waals surface area contributed by atoms with E-state index in [1.165, 1.54) is 4.90 Å². The fourth-order valence-electron chi connectivity index (χ4n) is 7.96. The summed E-state index contributed by atoms with van der Waals surface area (Å²) in [7, 11) is 3.28. The van der Waals surface area contributed by atoms with Crippen molar-refractivity contribution in [2.75, 3.05) is 38.4 Å². The third-order valence-corrected chi connectivity index (χ3v) is 14.9. The van der Waals surface area contributed by atoms with E-state index in [0.29, 0.717) is 46.5 Å². The van der Waals surface area contributed by atoms with Gasteiger partial charge >= 0.3 is 0 Å². The first-order valence-electron chi connectivity index (χ1n) is 21.6.